The molecule has 0 bridgehead atoms. The maximum Gasteiger partial charge on any atom is 1.00 e. The summed E-state index contributed by atoms with van der Waals surface area (Å²) in [5.74, 6) is -9.41. The van der Waals surface area contributed by atoms with Gasteiger partial charge in [-0.2, -0.15) is 0 Å². The van der Waals surface area contributed by atoms with Crippen molar-refractivity contribution in [1.82, 2.24) is 24.9 Å². The van der Waals surface area contributed by atoms with E-state index in [0.717, 1.165) is 46.5 Å². The zero-order valence-corrected chi connectivity index (χ0v) is 42.9. The molecule has 16 nitrogen and oxygen atoms in total. The number of nitrogens with zero attached hydrogens (tertiary/aromatic N) is 4. The summed E-state index contributed by atoms with van der Waals surface area (Å²) in [6.45, 7) is 15.9. The number of ether oxygens (including phenoxy) is 2. The molecule has 5 heterocycles. The predicted octanol–water partition coefficient (Wildman–Crippen LogP) is 2.88. The number of halogens is 7. The van der Waals surface area contributed by atoms with E-state index in [1.807, 2.05) is 51.3 Å². The fourth-order valence-electron chi connectivity index (χ4n) is 6.50. The molecule has 6 aliphatic rings. The normalized spacial score (nSPS) is 20.4. The van der Waals surface area contributed by atoms with Gasteiger partial charge < -0.3 is 34.5 Å². The Hall–Kier alpha value is -2.57. The van der Waals surface area contributed by atoms with Crippen LogP contribution in [-0.4, -0.2) is 170 Å². The minimum absolute atomic E-state index is 0. The summed E-state index contributed by atoms with van der Waals surface area (Å²) in [5, 5.41) is 11.3. The van der Waals surface area contributed by atoms with Crippen LogP contribution >= 0.6 is 12.4 Å². The topological polar surface area (TPSA) is 187 Å². The van der Waals surface area contributed by atoms with Gasteiger partial charge in [-0.15, -0.1) is 12.4 Å². The molecule has 0 aromatic carbocycles. The summed E-state index contributed by atoms with van der Waals surface area (Å²) in [6, 6.07) is 0.650. The van der Waals surface area contributed by atoms with E-state index in [1.54, 1.807) is 9.80 Å². The van der Waals surface area contributed by atoms with E-state index in [1.165, 1.54) is 19.3 Å². The molecule has 1 aliphatic carbocycles. The van der Waals surface area contributed by atoms with E-state index < -0.39 is 46.9 Å². The van der Waals surface area contributed by atoms with Gasteiger partial charge in [0.2, 0.25) is 0 Å². The number of alkyl halides is 6. The number of carbonyl (C=O) groups is 6. The first kappa shape index (κ1) is 71.0. The maximum absolute atomic E-state index is 12.8. The summed E-state index contributed by atoms with van der Waals surface area (Å²) >= 11 is 0. The number of amides is 2. The van der Waals surface area contributed by atoms with Crippen LogP contribution in [0, 0.1) is 0 Å². The number of aliphatic carboxylic acids is 1. The molecule has 385 valence electrons. The molecule has 0 spiro atoms. The van der Waals surface area contributed by atoms with E-state index in [9.17, 15) is 50.3 Å². The van der Waals surface area contributed by atoms with Crippen LogP contribution in [-0.2, 0) is 38.4 Å². The molecule has 0 aromatic heterocycles. The van der Waals surface area contributed by atoms with Crippen molar-refractivity contribution >= 4 is 56.7 Å². The van der Waals surface area contributed by atoms with Crippen LogP contribution < -0.4 is 40.0 Å². The van der Waals surface area contributed by atoms with Crippen molar-refractivity contribution in [2.75, 3.05) is 65.4 Å². The van der Waals surface area contributed by atoms with Gasteiger partial charge in [-0.25, -0.2) is 55.3 Å². The Labute approximate surface area is 422 Å². The van der Waals surface area contributed by atoms with Crippen LogP contribution in [0.4, 0.5) is 35.9 Å². The minimum Gasteiger partial charge on any atom is -0.550 e. The smallest absolute Gasteiger partial charge is 0.550 e. The van der Waals surface area contributed by atoms with Gasteiger partial charge in [0, 0.05) is 79.3 Å². The SMILES string of the molecule is C.CC(=O)OOC(C)=O.CC(=O)[O-].CC(C)(C)OC(=O)N1CCC(=O)CC1.CC(C)(C)OC(=O)N1CCC(N2CC(F)(F)C2)CC1.Cl.FC1(F)CN(C2CCCCC2)C1.FC1(F)CNC1.[B].[Na+]. The monoisotopic (exact) mass is 1010 g/mol. The fourth-order valence-corrected chi connectivity index (χ4v) is 6.50. The number of likely N-dealkylation sites (tertiary alicyclic amines) is 4. The summed E-state index contributed by atoms with van der Waals surface area (Å²) in [6.07, 6.45) is 7.81. The number of carbonyl (C=O) groups excluding carboxylic acids is 6. The Bertz CT molecular complexity index is 1450. The molecule has 0 aromatic rings. The van der Waals surface area contributed by atoms with E-state index in [0.29, 0.717) is 45.1 Å². The van der Waals surface area contributed by atoms with Gasteiger partial charge in [-0.3, -0.25) is 14.6 Å². The number of nitrogens with one attached hydrogen (secondary N) is 1. The van der Waals surface area contributed by atoms with Crippen molar-refractivity contribution < 1.29 is 109 Å². The number of ketones is 1. The largest absolute Gasteiger partial charge is 1.00 e. The number of carboxylic acids is 1. The van der Waals surface area contributed by atoms with Crippen LogP contribution in [0.2, 0.25) is 0 Å². The van der Waals surface area contributed by atoms with E-state index in [-0.39, 0.29) is 121 Å². The van der Waals surface area contributed by atoms with Gasteiger partial charge in [0.1, 0.15) is 17.0 Å². The molecular formula is C42H73BClF6N5NaO11. The van der Waals surface area contributed by atoms with Crippen molar-refractivity contribution in [3.63, 3.8) is 0 Å². The second-order valence-corrected chi connectivity index (χ2v) is 18.1. The van der Waals surface area contributed by atoms with Gasteiger partial charge in [0.05, 0.1) is 39.3 Å². The number of hydrogen-bond donors (Lipinski definition) is 1. The summed E-state index contributed by atoms with van der Waals surface area (Å²) in [7, 11) is 0. The number of rotatable bonds is 2. The number of carboxylic acid groups (broad SMARTS) is 1. The number of Topliss-reactive ketones (excluding diaryl/α,β-unsaturated/α-hetero) is 1. The third kappa shape index (κ3) is 33.6. The predicted molar refractivity (Wildman–Crippen MR) is 235 cm³/mol. The molecule has 67 heavy (non-hydrogen) atoms. The van der Waals surface area contributed by atoms with Crippen LogP contribution in [0.3, 0.4) is 0 Å². The Kier molecular flexibility index (Phi) is 34.3. The Balaban J connectivity index is -0.000000372. The van der Waals surface area contributed by atoms with Gasteiger partial charge in [-0.05, 0) is 74.1 Å². The van der Waals surface area contributed by atoms with Crippen LogP contribution in [0.15, 0.2) is 0 Å². The first-order chi connectivity index (χ1) is 28.8. The zero-order chi connectivity index (χ0) is 48.4. The molecule has 2 amide bonds. The molecule has 0 unspecified atom stereocenters. The zero-order valence-electron chi connectivity index (χ0n) is 40.1. The van der Waals surface area contributed by atoms with Gasteiger partial charge >= 0.3 is 53.7 Å². The summed E-state index contributed by atoms with van der Waals surface area (Å²) < 4.78 is 84.1. The average molecular weight is 1010 g/mol. The molecule has 1 N–H and O–H groups in total. The molecule has 6 rings (SSSR count). The van der Waals surface area contributed by atoms with Gasteiger partial charge in [0.25, 0.3) is 17.8 Å². The van der Waals surface area contributed by atoms with E-state index >= 15 is 0 Å². The van der Waals surface area contributed by atoms with Gasteiger partial charge in [0.15, 0.2) is 0 Å². The van der Waals surface area contributed by atoms with Crippen molar-refractivity contribution in [1.29, 1.82) is 0 Å². The second kappa shape index (κ2) is 32.3. The van der Waals surface area contributed by atoms with E-state index in [2.05, 4.69) is 15.1 Å². The Morgan fingerprint density at radius 3 is 1.16 bits per heavy atom. The molecule has 25 heteroatoms. The third-order valence-electron chi connectivity index (χ3n) is 9.48. The van der Waals surface area contributed by atoms with Crippen molar-refractivity contribution in [3.05, 3.63) is 0 Å². The molecule has 1 saturated carbocycles. The first-order valence-electron chi connectivity index (χ1n) is 21.1. The first-order valence-corrected chi connectivity index (χ1v) is 21.1. The molecular weight excluding hydrogens is 934 g/mol. The maximum atomic E-state index is 12.8. The van der Waals surface area contributed by atoms with Crippen molar-refractivity contribution in [2.24, 2.45) is 0 Å². The van der Waals surface area contributed by atoms with Gasteiger partial charge in [-0.1, -0.05) is 26.7 Å². The Morgan fingerprint density at radius 2 is 0.910 bits per heavy atom. The number of hydrogen-bond acceptors (Lipinski definition) is 14. The fraction of sp³-hybridized carbons (Fsp3) is 0.857. The molecule has 3 radical (unpaired) electrons. The third-order valence-corrected chi connectivity index (χ3v) is 9.48. The molecule has 0 atom stereocenters. The van der Waals surface area contributed by atoms with Crippen LogP contribution in [0.5, 0.6) is 0 Å². The number of piperidine rings is 2. The molecule has 6 fully saturated rings. The summed E-state index contributed by atoms with van der Waals surface area (Å²) in [4.78, 5) is 77.5. The van der Waals surface area contributed by atoms with Crippen molar-refractivity contribution in [2.45, 2.75) is 169 Å². The van der Waals surface area contributed by atoms with E-state index in [4.69, 9.17) is 19.4 Å². The van der Waals surface area contributed by atoms with Crippen molar-refractivity contribution in [3.8, 4) is 0 Å². The molecule has 5 saturated heterocycles. The minimum atomic E-state index is -2.51. The molecule has 5 aliphatic heterocycles. The second-order valence-electron chi connectivity index (χ2n) is 18.1. The average Bonchev–Trinajstić information content (AvgIpc) is 3.11. The quantitative estimate of drug-likeness (QED) is 0.184. The van der Waals surface area contributed by atoms with Crippen LogP contribution in [0.1, 0.15) is 128 Å². The Morgan fingerprint density at radius 1 is 0.612 bits per heavy atom. The standard InChI is InChI=1S/C13H22F2N2O2.C10H17NO3.C9H15F2N.C4H6O4.C3H5F2N.C2H4O2.CH4.B.ClH.Na/c1-12(2,3)19-11(18)16-6-4-10(5-7-16)17-8-13(14,15)9-17;1-10(2,3)14-9(13)11-6-4-8(12)5-7-11;10-9(11)6-12(7-9)8-4-2-1-3-5-8;1-3(5)7-8-4(2)6;4-3(5)1-6-2-3;1-2(3)4;;;;/h10H,4-9H2,1-3H3;4-7H2,1-3H3;8H,1-7H2;1-2H3;6H,1-2H2;1H3,(H,3,4);1H4;;1H;/q;;;;;;;;;+1/p-1. The summed E-state index contributed by atoms with van der Waals surface area (Å²) in [5.41, 5.74) is -0.952. The van der Waals surface area contributed by atoms with Crippen LogP contribution in [0.25, 0.3) is 0 Å².